The highest BCUT2D eigenvalue weighted by Gasteiger charge is 2.30. The zero-order valence-electron chi connectivity index (χ0n) is 25.2. The van der Waals surface area contributed by atoms with Crippen LogP contribution in [0.1, 0.15) is 0 Å². The second-order valence-corrected chi connectivity index (χ2v) is 8.97. The Labute approximate surface area is 274 Å². The zero-order chi connectivity index (χ0) is 35.6. The maximum atomic E-state index is 11.3. The number of aliphatic hydroxyl groups is 3. The SMILES string of the molecule is O=C(O)Oc1ccccc1.O=C(O)Oc1ccccc1.O=C(O)Oc1ccccc1.O=C(OCC(CO)(CO)CO)Oc1ccccc1. The van der Waals surface area contributed by atoms with Gasteiger partial charge in [0.15, 0.2) is 0 Å². The van der Waals surface area contributed by atoms with Gasteiger partial charge < -0.3 is 54.3 Å². The summed E-state index contributed by atoms with van der Waals surface area (Å²) in [6, 6.07) is 33.4. The fourth-order valence-corrected chi connectivity index (χ4v) is 2.88. The first kappa shape index (κ1) is 39.9. The van der Waals surface area contributed by atoms with Crippen molar-refractivity contribution >= 4 is 24.6 Å². The standard InChI is InChI=1S/C12H16O6.3C7H6O3/c13-6-12(7-14,8-15)9-17-11(16)18-10-4-2-1-3-5-10;3*8-7(9)10-6-4-2-1-3-5-6/h1-5,13-15H,6-9H2;3*1-5H,(H,8,9). The average Bonchev–Trinajstić information content (AvgIpc) is 3.08. The van der Waals surface area contributed by atoms with E-state index in [0.717, 1.165) is 0 Å². The summed E-state index contributed by atoms with van der Waals surface area (Å²) in [6.45, 7) is -1.84. The maximum Gasteiger partial charge on any atom is 0.513 e. The van der Waals surface area contributed by atoms with Crippen LogP contribution in [0.25, 0.3) is 0 Å². The molecule has 0 aromatic heterocycles. The van der Waals surface area contributed by atoms with Gasteiger partial charge in [0.25, 0.3) is 0 Å². The molecule has 0 heterocycles. The zero-order valence-corrected chi connectivity index (χ0v) is 25.2. The van der Waals surface area contributed by atoms with E-state index in [-0.39, 0.29) is 6.61 Å². The summed E-state index contributed by atoms with van der Waals surface area (Å²) in [5.74, 6) is 1.35. The molecule has 256 valence electrons. The third-order valence-corrected chi connectivity index (χ3v) is 5.29. The van der Waals surface area contributed by atoms with Gasteiger partial charge in [-0.15, -0.1) is 0 Å². The molecule has 0 aliphatic rings. The summed E-state index contributed by atoms with van der Waals surface area (Å²) in [5, 5.41) is 51.5. The van der Waals surface area contributed by atoms with Crippen molar-refractivity contribution < 1.29 is 73.5 Å². The molecule has 0 aliphatic heterocycles. The van der Waals surface area contributed by atoms with Crippen molar-refractivity contribution in [1.82, 2.24) is 0 Å². The molecule has 4 rings (SSSR count). The van der Waals surface area contributed by atoms with Gasteiger partial charge in [0, 0.05) is 0 Å². The van der Waals surface area contributed by atoms with Gasteiger partial charge in [0.05, 0.1) is 25.2 Å². The Balaban J connectivity index is 0.000000333. The van der Waals surface area contributed by atoms with Crippen LogP contribution in [0.4, 0.5) is 19.2 Å². The Morgan fingerprint density at radius 1 is 0.438 bits per heavy atom. The van der Waals surface area contributed by atoms with Crippen LogP contribution in [0.2, 0.25) is 0 Å². The van der Waals surface area contributed by atoms with Gasteiger partial charge in [-0.05, 0) is 48.5 Å². The Kier molecular flexibility index (Phi) is 19.3. The highest BCUT2D eigenvalue weighted by molar-refractivity contribution is 5.64. The number of para-hydroxylation sites is 4. The minimum atomic E-state index is -1.29. The molecule has 0 atom stereocenters. The lowest BCUT2D eigenvalue weighted by atomic mass is 9.93. The largest absolute Gasteiger partial charge is 0.513 e. The van der Waals surface area contributed by atoms with Crippen molar-refractivity contribution in [1.29, 1.82) is 0 Å². The monoisotopic (exact) mass is 670 g/mol. The van der Waals surface area contributed by atoms with Crippen LogP contribution in [0.3, 0.4) is 0 Å². The van der Waals surface area contributed by atoms with E-state index in [0.29, 0.717) is 23.0 Å². The molecule has 15 nitrogen and oxygen atoms in total. The van der Waals surface area contributed by atoms with Crippen LogP contribution >= 0.6 is 0 Å². The predicted molar refractivity (Wildman–Crippen MR) is 167 cm³/mol. The number of hydrogen-bond donors (Lipinski definition) is 6. The average molecular weight is 671 g/mol. The Morgan fingerprint density at radius 3 is 0.917 bits per heavy atom. The second kappa shape index (κ2) is 23.2. The van der Waals surface area contributed by atoms with Gasteiger partial charge in [0.2, 0.25) is 0 Å². The number of rotatable bonds is 9. The van der Waals surface area contributed by atoms with Gasteiger partial charge in [-0.3, -0.25) is 0 Å². The first-order valence-electron chi connectivity index (χ1n) is 13.6. The summed E-state index contributed by atoms with van der Waals surface area (Å²) in [7, 11) is 0. The fourth-order valence-electron chi connectivity index (χ4n) is 2.88. The van der Waals surface area contributed by atoms with E-state index in [1.54, 1.807) is 121 Å². The molecule has 15 heteroatoms. The summed E-state index contributed by atoms with van der Waals surface area (Å²) >= 11 is 0. The molecule has 0 radical (unpaired) electrons. The molecule has 0 saturated carbocycles. The van der Waals surface area contributed by atoms with Gasteiger partial charge >= 0.3 is 24.6 Å². The molecule has 4 aromatic rings. The highest BCUT2D eigenvalue weighted by atomic mass is 16.7. The third kappa shape index (κ3) is 18.6. The van der Waals surface area contributed by atoms with E-state index in [2.05, 4.69) is 14.2 Å². The van der Waals surface area contributed by atoms with Crippen LogP contribution in [0.15, 0.2) is 121 Å². The quantitative estimate of drug-likeness (QED) is 0.0966. The van der Waals surface area contributed by atoms with E-state index in [9.17, 15) is 19.2 Å². The lowest BCUT2D eigenvalue weighted by molar-refractivity contribution is -0.0444. The number of carbonyl (C=O) groups excluding carboxylic acids is 1. The molecule has 6 N–H and O–H groups in total. The van der Waals surface area contributed by atoms with Crippen molar-refractivity contribution in [2.24, 2.45) is 5.41 Å². The van der Waals surface area contributed by atoms with Crippen LogP contribution in [-0.2, 0) is 4.74 Å². The molecule has 0 spiro atoms. The Morgan fingerprint density at radius 2 is 0.688 bits per heavy atom. The molecule has 0 aliphatic carbocycles. The third-order valence-electron chi connectivity index (χ3n) is 5.29. The molecular weight excluding hydrogens is 636 g/mol. The lowest BCUT2D eigenvalue weighted by Crippen LogP contribution is -2.39. The van der Waals surface area contributed by atoms with Crippen LogP contribution in [0, 0.1) is 5.41 Å². The molecule has 0 saturated heterocycles. The van der Waals surface area contributed by atoms with Gasteiger partial charge in [-0.1, -0.05) is 72.8 Å². The molecule has 0 fully saturated rings. The van der Waals surface area contributed by atoms with Crippen molar-refractivity contribution in [2.45, 2.75) is 0 Å². The smallest absolute Gasteiger partial charge is 0.449 e. The first-order valence-corrected chi connectivity index (χ1v) is 13.6. The van der Waals surface area contributed by atoms with E-state index in [4.69, 9.17) is 40.1 Å². The normalized spacial score (nSPS) is 9.65. The summed E-state index contributed by atoms with van der Waals surface area (Å²) in [4.78, 5) is 41.2. The predicted octanol–water partition coefficient (Wildman–Crippen LogP) is 5.40. The van der Waals surface area contributed by atoms with Crippen molar-refractivity contribution in [3.63, 3.8) is 0 Å². The summed E-state index contributed by atoms with van der Waals surface area (Å²) in [6.07, 6.45) is -4.82. The van der Waals surface area contributed by atoms with E-state index >= 15 is 0 Å². The van der Waals surface area contributed by atoms with Gasteiger partial charge in [-0.25, -0.2) is 19.2 Å². The van der Waals surface area contributed by atoms with Crippen molar-refractivity contribution in [3.05, 3.63) is 121 Å². The number of aliphatic hydroxyl groups excluding tert-OH is 3. The molecule has 0 bridgehead atoms. The van der Waals surface area contributed by atoms with Crippen LogP contribution in [-0.4, -0.2) is 81.7 Å². The van der Waals surface area contributed by atoms with Crippen LogP contribution in [0.5, 0.6) is 23.0 Å². The number of carbonyl (C=O) groups is 4. The van der Waals surface area contributed by atoms with Gasteiger partial charge in [0.1, 0.15) is 29.6 Å². The molecule has 4 aromatic carbocycles. The minimum absolute atomic E-state index is 0.324. The van der Waals surface area contributed by atoms with E-state index < -0.39 is 49.9 Å². The number of ether oxygens (including phenoxy) is 5. The molecule has 48 heavy (non-hydrogen) atoms. The Bertz CT molecular complexity index is 1330. The first-order chi connectivity index (χ1) is 23.0. The minimum Gasteiger partial charge on any atom is -0.449 e. The van der Waals surface area contributed by atoms with E-state index in [1.807, 2.05) is 0 Å². The van der Waals surface area contributed by atoms with Gasteiger partial charge in [-0.2, -0.15) is 0 Å². The summed E-state index contributed by atoms with van der Waals surface area (Å²) in [5.41, 5.74) is -1.25. The number of benzene rings is 4. The van der Waals surface area contributed by atoms with Crippen molar-refractivity contribution in [2.75, 3.05) is 26.4 Å². The number of hydrogen-bond acceptors (Lipinski definition) is 12. The molecular formula is C33H34O15. The second-order valence-electron chi connectivity index (χ2n) is 8.97. The number of carboxylic acid groups (broad SMARTS) is 3. The molecule has 0 amide bonds. The highest BCUT2D eigenvalue weighted by Crippen LogP contribution is 2.16. The maximum absolute atomic E-state index is 11.3. The fraction of sp³-hybridized carbons (Fsp3) is 0.152. The van der Waals surface area contributed by atoms with E-state index in [1.165, 1.54) is 0 Å². The molecule has 0 unspecified atom stereocenters. The lowest BCUT2D eigenvalue weighted by Gasteiger charge is -2.26. The van der Waals surface area contributed by atoms with Crippen molar-refractivity contribution in [3.8, 4) is 23.0 Å². The summed E-state index contributed by atoms with van der Waals surface area (Å²) < 4.78 is 22.6. The topological polar surface area (TPSA) is 236 Å². The Hall–Kier alpha value is -6.16. The van der Waals surface area contributed by atoms with Crippen LogP contribution < -0.4 is 18.9 Å².